The number of fused-ring (bicyclic) bond motifs is 1. The van der Waals surface area contributed by atoms with Crippen LogP contribution in [0.3, 0.4) is 0 Å². The van der Waals surface area contributed by atoms with Gasteiger partial charge in [0, 0.05) is 23.7 Å². The van der Waals surface area contributed by atoms with Gasteiger partial charge in [-0.3, -0.25) is 4.79 Å². The molecular formula is C15H21N3O2S. The number of aliphatic hydroxyl groups excluding tert-OH is 1. The lowest BCUT2D eigenvalue weighted by Gasteiger charge is -2.21. The molecule has 2 rings (SSSR count). The molecule has 2 aromatic rings. The zero-order valence-electron chi connectivity index (χ0n) is 12.5. The van der Waals surface area contributed by atoms with Crippen molar-refractivity contribution in [1.82, 2.24) is 10.3 Å². The second kappa shape index (κ2) is 6.41. The number of hydrogen-bond donors (Lipinski definition) is 3. The molecule has 21 heavy (non-hydrogen) atoms. The standard InChI is InChI=1S/C15H21N3O2S/c1-8(2)11(6-7-19)18-14(20)13-12(16)10-5-4-9(3)17-15(10)21-13/h4-5,8,11,19H,6-7,16H2,1-3H3,(H,18,20). The molecule has 1 unspecified atom stereocenters. The van der Waals surface area contributed by atoms with Crippen molar-refractivity contribution in [1.29, 1.82) is 0 Å². The van der Waals surface area contributed by atoms with Gasteiger partial charge in [-0.05, 0) is 31.4 Å². The molecule has 0 aliphatic rings. The fourth-order valence-electron chi connectivity index (χ4n) is 2.20. The number of nitrogens with one attached hydrogen (secondary N) is 1. The Morgan fingerprint density at radius 2 is 2.19 bits per heavy atom. The molecular weight excluding hydrogens is 286 g/mol. The Morgan fingerprint density at radius 3 is 2.81 bits per heavy atom. The number of rotatable bonds is 5. The summed E-state index contributed by atoms with van der Waals surface area (Å²) in [6.07, 6.45) is 0.533. The highest BCUT2D eigenvalue weighted by Crippen LogP contribution is 2.32. The predicted molar refractivity (Wildman–Crippen MR) is 86.6 cm³/mol. The van der Waals surface area contributed by atoms with E-state index < -0.39 is 0 Å². The van der Waals surface area contributed by atoms with E-state index in [1.165, 1.54) is 11.3 Å². The number of nitrogens with zero attached hydrogens (tertiary/aromatic N) is 1. The van der Waals surface area contributed by atoms with Crippen LogP contribution in [0.15, 0.2) is 12.1 Å². The number of anilines is 1. The summed E-state index contributed by atoms with van der Waals surface area (Å²) in [7, 11) is 0. The zero-order chi connectivity index (χ0) is 15.6. The van der Waals surface area contributed by atoms with Gasteiger partial charge in [-0.15, -0.1) is 11.3 Å². The van der Waals surface area contributed by atoms with Gasteiger partial charge in [0.25, 0.3) is 5.91 Å². The highest BCUT2D eigenvalue weighted by atomic mass is 32.1. The lowest BCUT2D eigenvalue weighted by atomic mass is 10.0. The Bertz CT molecular complexity index is 652. The van der Waals surface area contributed by atoms with E-state index in [1.807, 2.05) is 32.9 Å². The normalized spacial score (nSPS) is 12.8. The van der Waals surface area contributed by atoms with E-state index in [9.17, 15) is 4.79 Å². The number of carbonyl (C=O) groups excluding carboxylic acids is 1. The number of amides is 1. The van der Waals surface area contributed by atoms with Crippen LogP contribution in [0.5, 0.6) is 0 Å². The zero-order valence-corrected chi connectivity index (χ0v) is 13.3. The highest BCUT2D eigenvalue weighted by Gasteiger charge is 2.21. The number of pyridine rings is 1. The summed E-state index contributed by atoms with van der Waals surface area (Å²) < 4.78 is 0. The van der Waals surface area contributed by atoms with Crippen LogP contribution < -0.4 is 11.1 Å². The second-order valence-corrected chi connectivity index (χ2v) is 6.49. The molecule has 0 spiro atoms. The topological polar surface area (TPSA) is 88.2 Å². The fraction of sp³-hybridized carbons (Fsp3) is 0.467. The molecule has 6 heteroatoms. The number of carbonyl (C=O) groups is 1. The van der Waals surface area contributed by atoms with Gasteiger partial charge in [0.1, 0.15) is 9.71 Å². The highest BCUT2D eigenvalue weighted by molar-refractivity contribution is 7.21. The van der Waals surface area contributed by atoms with E-state index in [2.05, 4.69) is 10.3 Å². The monoisotopic (exact) mass is 307 g/mol. The maximum atomic E-state index is 12.4. The smallest absolute Gasteiger partial charge is 0.263 e. The molecule has 114 valence electrons. The molecule has 0 radical (unpaired) electrons. The van der Waals surface area contributed by atoms with E-state index in [1.54, 1.807) is 0 Å². The molecule has 2 heterocycles. The van der Waals surface area contributed by atoms with Gasteiger partial charge < -0.3 is 16.2 Å². The third-order valence-electron chi connectivity index (χ3n) is 3.50. The number of thiophene rings is 1. The summed E-state index contributed by atoms with van der Waals surface area (Å²) in [4.78, 5) is 18.1. The number of hydrogen-bond acceptors (Lipinski definition) is 5. The first kappa shape index (κ1) is 15.7. The third kappa shape index (κ3) is 3.33. The van der Waals surface area contributed by atoms with Crippen molar-refractivity contribution in [3.05, 3.63) is 22.7 Å². The number of aromatic nitrogens is 1. The van der Waals surface area contributed by atoms with Crippen molar-refractivity contribution in [3.63, 3.8) is 0 Å². The van der Waals surface area contributed by atoms with Crippen molar-refractivity contribution in [2.75, 3.05) is 12.3 Å². The minimum absolute atomic E-state index is 0.0474. The third-order valence-corrected chi connectivity index (χ3v) is 4.61. The summed E-state index contributed by atoms with van der Waals surface area (Å²) >= 11 is 1.31. The maximum absolute atomic E-state index is 12.4. The molecule has 5 nitrogen and oxygen atoms in total. The number of nitrogen functional groups attached to an aromatic ring is 1. The van der Waals surface area contributed by atoms with Crippen molar-refractivity contribution in [2.24, 2.45) is 5.92 Å². The van der Waals surface area contributed by atoms with Crippen LogP contribution in [0, 0.1) is 12.8 Å². The molecule has 1 atom stereocenters. The largest absolute Gasteiger partial charge is 0.397 e. The first-order valence-corrected chi connectivity index (χ1v) is 7.83. The molecule has 2 aromatic heterocycles. The van der Waals surface area contributed by atoms with Crippen LogP contribution in [0.1, 0.15) is 35.6 Å². The lowest BCUT2D eigenvalue weighted by molar-refractivity contribution is 0.0921. The van der Waals surface area contributed by atoms with E-state index >= 15 is 0 Å². The lowest BCUT2D eigenvalue weighted by Crippen LogP contribution is -2.39. The number of nitrogens with two attached hydrogens (primary N) is 1. The molecule has 0 bridgehead atoms. The Labute approximate surface area is 128 Å². The minimum atomic E-state index is -0.194. The second-order valence-electron chi connectivity index (χ2n) is 5.49. The van der Waals surface area contributed by atoms with Crippen LogP contribution in [0.25, 0.3) is 10.2 Å². The van der Waals surface area contributed by atoms with Crippen LogP contribution in [0.4, 0.5) is 5.69 Å². The first-order chi connectivity index (χ1) is 9.93. The predicted octanol–water partition coefficient (Wildman–Crippen LogP) is 2.32. The quantitative estimate of drug-likeness (QED) is 0.791. The van der Waals surface area contributed by atoms with Gasteiger partial charge in [0.05, 0.1) is 5.69 Å². The van der Waals surface area contributed by atoms with Crippen LogP contribution in [0.2, 0.25) is 0 Å². The summed E-state index contributed by atoms with van der Waals surface area (Å²) in [6.45, 7) is 5.98. The molecule has 0 saturated heterocycles. The van der Waals surface area contributed by atoms with E-state index in [0.29, 0.717) is 17.0 Å². The minimum Gasteiger partial charge on any atom is -0.397 e. The summed E-state index contributed by atoms with van der Waals surface area (Å²) in [5.41, 5.74) is 7.45. The number of aryl methyl sites for hydroxylation is 1. The molecule has 1 amide bonds. The van der Waals surface area contributed by atoms with Crippen molar-refractivity contribution in [2.45, 2.75) is 33.2 Å². The van der Waals surface area contributed by atoms with E-state index in [-0.39, 0.29) is 24.5 Å². The SMILES string of the molecule is Cc1ccc2c(N)c(C(=O)NC(CCO)C(C)C)sc2n1. The Morgan fingerprint density at radius 1 is 1.48 bits per heavy atom. The van der Waals surface area contributed by atoms with Crippen molar-refractivity contribution >= 4 is 33.1 Å². The molecule has 0 fully saturated rings. The fourth-order valence-corrected chi connectivity index (χ4v) is 3.25. The van der Waals surface area contributed by atoms with Crippen LogP contribution >= 0.6 is 11.3 Å². The van der Waals surface area contributed by atoms with Crippen LogP contribution in [-0.4, -0.2) is 28.6 Å². The van der Waals surface area contributed by atoms with E-state index in [0.717, 1.165) is 15.9 Å². The molecule has 0 aromatic carbocycles. The van der Waals surface area contributed by atoms with Gasteiger partial charge in [0.15, 0.2) is 0 Å². The summed E-state index contributed by atoms with van der Waals surface area (Å²) in [5.74, 6) is 0.0531. The summed E-state index contributed by atoms with van der Waals surface area (Å²) in [5, 5.41) is 12.9. The van der Waals surface area contributed by atoms with Gasteiger partial charge >= 0.3 is 0 Å². The maximum Gasteiger partial charge on any atom is 0.263 e. The Kier molecular flexibility index (Phi) is 4.80. The molecule has 4 N–H and O–H groups in total. The summed E-state index contributed by atoms with van der Waals surface area (Å²) in [6, 6.07) is 3.71. The average Bonchev–Trinajstić information content (AvgIpc) is 2.74. The molecule has 0 saturated carbocycles. The van der Waals surface area contributed by atoms with Crippen LogP contribution in [-0.2, 0) is 0 Å². The Hall–Kier alpha value is -1.66. The average molecular weight is 307 g/mol. The molecule has 0 aliphatic carbocycles. The molecule has 0 aliphatic heterocycles. The van der Waals surface area contributed by atoms with Crippen molar-refractivity contribution < 1.29 is 9.90 Å². The first-order valence-electron chi connectivity index (χ1n) is 7.01. The van der Waals surface area contributed by atoms with E-state index in [4.69, 9.17) is 10.8 Å². The Balaban J connectivity index is 2.28. The van der Waals surface area contributed by atoms with Gasteiger partial charge in [0.2, 0.25) is 0 Å². The van der Waals surface area contributed by atoms with Gasteiger partial charge in [-0.2, -0.15) is 0 Å². The van der Waals surface area contributed by atoms with Crippen molar-refractivity contribution in [3.8, 4) is 0 Å². The van der Waals surface area contributed by atoms with Gasteiger partial charge in [-0.25, -0.2) is 4.98 Å². The number of aliphatic hydroxyl groups is 1. The van der Waals surface area contributed by atoms with Gasteiger partial charge in [-0.1, -0.05) is 13.8 Å².